The Morgan fingerprint density at radius 3 is 2.60 bits per heavy atom. The number of aromatic nitrogens is 2. The van der Waals surface area contributed by atoms with Gasteiger partial charge in [-0.1, -0.05) is 6.92 Å². The molecule has 2 rings (SSSR count). The zero-order chi connectivity index (χ0) is 14.7. The van der Waals surface area contributed by atoms with Gasteiger partial charge in [0, 0.05) is 33.9 Å². The van der Waals surface area contributed by atoms with Gasteiger partial charge in [-0.15, -0.1) is 0 Å². The van der Waals surface area contributed by atoms with Crippen LogP contribution in [0.15, 0.2) is 0 Å². The molecular weight excluding hydrogens is 260 g/mol. The number of nitrogens with zero attached hydrogens (tertiary/aromatic N) is 4. The highest BCUT2D eigenvalue weighted by atomic mass is 16.6. The molecule has 0 amide bonds. The van der Waals surface area contributed by atoms with Gasteiger partial charge in [-0.25, -0.2) is 4.68 Å². The van der Waals surface area contributed by atoms with E-state index in [-0.39, 0.29) is 10.6 Å². The minimum absolute atomic E-state index is 0.167. The predicted molar refractivity (Wildman–Crippen MR) is 76.1 cm³/mol. The summed E-state index contributed by atoms with van der Waals surface area (Å²) in [4.78, 5) is 13.1. The van der Waals surface area contributed by atoms with Crippen molar-refractivity contribution in [2.45, 2.75) is 26.2 Å². The first-order valence-electron chi connectivity index (χ1n) is 7.02. The zero-order valence-electron chi connectivity index (χ0n) is 12.3. The smallest absolute Gasteiger partial charge is 0.334 e. The summed E-state index contributed by atoms with van der Waals surface area (Å²) in [5.74, 6) is 1.19. The lowest BCUT2D eigenvalue weighted by Gasteiger charge is -2.32. The van der Waals surface area contributed by atoms with Crippen LogP contribution in [0.3, 0.4) is 0 Å². The number of nitro groups is 1. The molecule has 0 bridgehead atoms. The Hall–Kier alpha value is -1.63. The Labute approximate surface area is 118 Å². The summed E-state index contributed by atoms with van der Waals surface area (Å²) in [6.45, 7) is 4.29. The first-order valence-corrected chi connectivity index (χ1v) is 7.02. The minimum Gasteiger partial charge on any atom is -0.384 e. The normalized spacial score (nSPS) is 16.6. The third kappa shape index (κ3) is 2.77. The number of piperidine rings is 1. The quantitative estimate of drug-likeness (QED) is 0.607. The molecule has 0 aromatic carbocycles. The minimum atomic E-state index is -0.303. The lowest BCUT2D eigenvalue weighted by atomic mass is 9.98. The number of anilines is 1. The number of rotatable bonds is 5. The van der Waals surface area contributed by atoms with Crippen LogP contribution in [-0.2, 0) is 18.2 Å². The zero-order valence-corrected chi connectivity index (χ0v) is 12.3. The van der Waals surface area contributed by atoms with Crippen LogP contribution in [0.5, 0.6) is 0 Å². The van der Waals surface area contributed by atoms with Gasteiger partial charge >= 0.3 is 5.69 Å². The topological polar surface area (TPSA) is 73.4 Å². The van der Waals surface area contributed by atoms with Crippen molar-refractivity contribution in [2.24, 2.45) is 13.0 Å². The van der Waals surface area contributed by atoms with E-state index < -0.39 is 0 Å². The number of hydrogen-bond acceptors (Lipinski definition) is 5. The van der Waals surface area contributed by atoms with Crippen LogP contribution < -0.4 is 4.90 Å². The standard InChI is InChI=1S/C13H22N4O3/c1-4-11-12(17(18)19)13(15(2)14-11)16-7-5-10(6-8-16)9-20-3/h10H,4-9H2,1-3H3. The highest BCUT2D eigenvalue weighted by Gasteiger charge is 2.31. The average Bonchev–Trinajstić information content (AvgIpc) is 2.77. The van der Waals surface area contributed by atoms with Crippen molar-refractivity contribution in [3.8, 4) is 0 Å². The fourth-order valence-electron chi connectivity index (χ4n) is 2.88. The third-order valence-corrected chi connectivity index (χ3v) is 3.90. The van der Waals surface area contributed by atoms with Gasteiger partial charge < -0.3 is 9.64 Å². The summed E-state index contributed by atoms with van der Waals surface area (Å²) in [6.07, 6.45) is 2.57. The number of aryl methyl sites for hydroxylation is 2. The second-order valence-electron chi connectivity index (χ2n) is 5.24. The Bertz CT molecular complexity index is 478. The summed E-state index contributed by atoms with van der Waals surface area (Å²) < 4.78 is 6.83. The van der Waals surface area contributed by atoms with E-state index in [0.29, 0.717) is 23.9 Å². The molecule has 1 aromatic rings. The van der Waals surface area contributed by atoms with E-state index >= 15 is 0 Å². The van der Waals surface area contributed by atoms with Crippen LogP contribution in [0.1, 0.15) is 25.5 Å². The van der Waals surface area contributed by atoms with E-state index in [1.54, 1.807) is 18.8 Å². The van der Waals surface area contributed by atoms with Crippen LogP contribution >= 0.6 is 0 Å². The van der Waals surface area contributed by atoms with Crippen molar-refractivity contribution >= 4 is 11.5 Å². The van der Waals surface area contributed by atoms with Gasteiger partial charge in [0.15, 0.2) is 0 Å². The Morgan fingerprint density at radius 1 is 1.45 bits per heavy atom. The van der Waals surface area contributed by atoms with Crippen molar-refractivity contribution in [1.29, 1.82) is 0 Å². The van der Waals surface area contributed by atoms with Crippen LogP contribution in [0.2, 0.25) is 0 Å². The lowest BCUT2D eigenvalue weighted by molar-refractivity contribution is -0.384. The molecule has 20 heavy (non-hydrogen) atoms. The van der Waals surface area contributed by atoms with Gasteiger partial charge in [0.2, 0.25) is 5.82 Å². The summed E-state index contributed by atoms with van der Waals surface area (Å²) in [5.41, 5.74) is 0.728. The van der Waals surface area contributed by atoms with Gasteiger partial charge in [-0.3, -0.25) is 10.1 Å². The number of hydrogen-bond donors (Lipinski definition) is 0. The summed E-state index contributed by atoms with van der Waals surface area (Å²) in [6, 6.07) is 0. The maximum absolute atomic E-state index is 11.3. The molecule has 7 heteroatoms. The molecule has 7 nitrogen and oxygen atoms in total. The first-order chi connectivity index (χ1) is 9.58. The molecule has 1 saturated heterocycles. The van der Waals surface area contributed by atoms with Crippen molar-refractivity contribution < 1.29 is 9.66 Å². The monoisotopic (exact) mass is 282 g/mol. The van der Waals surface area contributed by atoms with Gasteiger partial charge in [-0.2, -0.15) is 5.10 Å². The maximum Gasteiger partial charge on any atom is 0.334 e. The van der Waals surface area contributed by atoms with Crippen LogP contribution in [-0.4, -0.2) is 41.5 Å². The van der Waals surface area contributed by atoms with Crippen molar-refractivity contribution in [1.82, 2.24) is 9.78 Å². The van der Waals surface area contributed by atoms with E-state index in [2.05, 4.69) is 10.00 Å². The fraction of sp³-hybridized carbons (Fsp3) is 0.769. The van der Waals surface area contributed by atoms with Gasteiger partial charge in [0.1, 0.15) is 5.69 Å². The molecular formula is C13H22N4O3. The van der Waals surface area contributed by atoms with Crippen LogP contribution in [0, 0.1) is 16.0 Å². The maximum atomic E-state index is 11.3. The second kappa shape index (κ2) is 6.21. The third-order valence-electron chi connectivity index (χ3n) is 3.90. The van der Waals surface area contributed by atoms with E-state index in [1.165, 1.54) is 0 Å². The fourth-order valence-corrected chi connectivity index (χ4v) is 2.88. The van der Waals surface area contributed by atoms with E-state index in [1.807, 2.05) is 6.92 Å². The van der Waals surface area contributed by atoms with Crippen LogP contribution in [0.25, 0.3) is 0 Å². The molecule has 0 spiro atoms. The molecule has 0 N–H and O–H groups in total. The number of ether oxygens (including phenoxy) is 1. The van der Waals surface area contributed by atoms with E-state index in [0.717, 1.165) is 32.5 Å². The molecule has 1 fully saturated rings. The second-order valence-corrected chi connectivity index (χ2v) is 5.24. The predicted octanol–water partition coefficient (Wildman–Crippen LogP) is 1.75. The molecule has 1 aliphatic heterocycles. The summed E-state index contributed by atoms with van der Waals surface area (Å²) in [5, 5.41) is 15.6. The average molecular weight is 282 g/mol. The first kappa shape index (κ1) is 14.8. The van der Waals surface area contributed by atoms with E-state index in [4.69, 9.17) is 4.74 Å². The van der Waals surface area contributed by atoms with E-state index in [9.17, 15) is 10.1 Å². The molecule has 0 aliphatic carbocycles. The molecule has 0 saturated carbocycles. The van der Waals surface area contributed by atoms with Gasteiger partial charge in [0.25, 0.3) is 0 Å². The van der Waals surface area contributed by atoms with Crippen molar-refractivity contribution in [3.63, 3.8) is 0 Å². The Kier molecular flexibility index (Phi) is 4.59. The number of methoxy groups -OCH3 is 1. The SMILES string of the molecule is CCc1nn(C)c(N2CCC(COC)CC2)c1[N+](=O)[O-]. The molecule has 0 unspecified atom stereocenters. The van der Waals surface area contributed by atoms with Gasteiger partial charge in [-0.05, 0) is 25.2 Å². The molecule has 0 radical (unpaired) electrons. The summed E-state index contributed by atoms with van der Waals surface area (Å²) in [7, 11) is 3.49. The summed E-state index contributed by atoms with van der Waals surface area (Å²) >= 11 is 0. The van der Waals surface area contributed by atoms with Crippen molar-refractivity contribution in [3.05, 3.63) is 15.8 Å². The van der Waals surface area contributed by atoms with Gasteiger partial charge in [0.05, 0.1) is 4.92 Å². The highest BCUT2D eigenvalue weighted by molar-refractivity contribution is 5.61. The molecule has 2 heterocycles. The lowest BCUT2D eigenvalue weighted by Crippen LogP contribution is -2.36. The van der Waals surface area contributed by atoms with Crippen molar-refractivity contribution in [2.75, 3.05) is 31.7 Å². The molecule has 1 aliphatic rings. The molecule has 0 atom stereocenters. The molecule has 112 valence electrons. The highest BCUT2D eigenvalue weighted by Crippen LogP contribution is 2.34. The van der Waals surface area contributed by atoms with Crippen LogP contribution in [0.4, 0.5) is 11.5 Å². The Morgan fingerprint density at radius 2 is 2.10 bits per heavy atom. The largest absolute Gasteiger partial charge is 0.384 e. The Balaban J connectivity index is 2.21. The molecule has 1 aromatic heterocycles.